The van der Waals surface area contributed by atoms with Gasteiger partial charge in [-0.1, -0.05) is 150 Å². The molecule has 0 saturated carbocycles. The molecule has 0 fully saturated rings. The van der Waals surface area contributed by atoms with Crippen molar-refractivity contribution in [3.8, 4) is 0 Å². The van der Waals surface area contributed by atoms with Crippen LogP contribution in [0, 0.1) is 0 Å². The molecule has 0 saturated heterocycles. The zero-order valence-corrected chi connectivity index (χ0v) is 24.8. The Morgan fingerprint density at radius 3 is 1.31 bits per heavy atom. The Kier molecular flexibility index (Phi) is 21.7. The van der Waals surface area contributed by atoms with Crippen LogP contribution < -0.4 is 4.57 Å². The van der Waals surface area contributed by atoms with Crippen LogP contribution in [0.2, 0.25) is 0 Å². The van der Waals surface area contributed by atoms with E-state index in [4.69, 9.17) is 0 Å². The van der Waals surface area contributed by atoms with E-state index in [2.05, 4.69) is 49.2 Å². The average molecular weight is 490 g/mol. The van der Waals surface area contributed by atoms with Crippen LogP contribution >= 0.6 is 0 Å². The molecule has 2 nitrogen and oxygen atoms in total. The third-order valence-electron chi connectivity index (χ3n) is 7.79. The third-order valence-corrected chi connectivity index (χ3v) is 7.79. The molecule has 1 rings (SSSR count). The van der Waals surface area contributed by atoms with Gasteiger partial charge in [-0.3, -0.25) is 0 Å². The number of rotatable bonds is 26. The molecule has 1 heterocycles. The van der Waals surface area contributed by atoms with Gasteiger partial charge in [-0.05, 0) is 25.7 Å². The monoisotopic (exact) mass is 490 g/mol. The Morgan fingerprint density at radius 2 is 0.914 bits per heavy atom. The summed E-state index contributed by atoms with van der Waals surface area (Å²) in [5.74, 6) is 2.15. The number of aryl methyl sites for hydroxylation is 2. The van der Waals surface area contributed by atoms with Crippen molar-refractivity contribution in [2.24, 2.45) is 0 Å². The lowest BCUT2D eigenvalue weighted by Crippen LogP contribution is -2.38. The molecule has 206 valence electrons. The van der Waals surface area contributed by atoms with Crippen molar-refractivity contribution in [3.63, 3.8) is 0 Å². The van der Waals surface area contributed by atoms with Crippen molar-refractivity contribution < 1.29 is 4.57 Å². The van der Waals surface area contributed by atoms with E-state index in [1.165, 1.54) is 161 Å². The topological polar surface area (TPSA) is 8.81 Å². The molecule has 0 aliphatic carbocycles. The highest BCUT2D eigenvalue weighted by atomic mass is 15.1. The van der Waals surface area contributed by atoms with Gasteiger partial charge in [-0.25, -0.2) is 9.13 Å². The van der Waals surface area contributed by atoms with Crippen molar-refractivity contribution in [1.29, 1.82) is 0 Å². The van der Waals surface area contributed by atoms with E-state index in [0.717, 1.165) is 0 Å². The highest BCUT2D eigenvalue weighted by Crippen LogP contribution is 2.16. The van der Waals surface area contributed by atoms with E-state index in [1.807, 2.05) is 0 Å². The number of imidazole rings is 1. The van der Waals surface area contributed by atoms with Gasteiger partial charge in [0.2, 0.25) is 0 Å². The van der Waals surface area contributed by atoms with Crippen LogP contribution in [-0.4, -0.2) is 4.57 Å². The van der Waals surface area contributed by atoms with Gasteiger partial charge >= 0.3 is 0 Å². The third kappa shape index (κ3) is 17.3. The van der Waals surface area contributed by atoms with Gasteiger partial charge in [0.05, 0.1) is 19.0 Å². The van der Waals surface area contributed by atoms with Crippen molar-refractivity contribution in [2.45, 2.75) is 194 Å². The van der Waals surface area contributed by atoms with Crippen LogP contribution in [-0.2, 0) is 13.1 Å². The Balaban J connectivity index is 2.07. The fourth-order valence-corrected chi connectivity index (χ4v) is 5.59. The fourth-order valence-electron chi connectivity index (χ4n) is 5.59. The highest BCUT2D eigenvalue weighted by Gasteiger charge is 2.19. The number of aromatic nitrogens is 2. The molecule has 0 spiro atoms. The molecule has 1 aromatic rings. The lowest BCUT2D eigenvalue weighted by atomic mass is 10.0. The highest BCUT2D eigenvalue weighted by molar-refractivity contribution is 4.89. The zero-order chi connectivity index (χ0) is 25.4. The van der Waals surface area contributed by atoms with Gasteiger partial charge in [0, 0.05) is 0 Å². The molecule has 0 unspecified atom stereocenters. The minimum atomic E-state index is 0.607. The van der Waals surface area contributed by atoms with Crippen LogP contribution in [0.4, 0.5) is 0 Å². The maximum atomic E-state index is 2.55. The van der Waals surface area contributed by atoms with E-state index in [1.54, 1.807) is 5.82 Å². The van der Waals surface area contributed by atoms with Crippen molar-refractivity contribution >= 4 is 0 Å². The molecule has 0 aliphatic heterocycles. The van der Waals surface area contributed by atoms with Gasteiger partial charge in [0.1, 0.15) is 12.4 Å². The maximum Gasteiger partial charge on any atom is 0.258 e. The van der Waals surface area contributed by atoms with Gasteiger partial charge in [-0.15, -0.1) is 0 Å². The van der Waals surface area contributed by atoms with E-state index in [9.17, 15) is 0 Å². The van der Waals surface area contributed by atoms with Gasteiger partial charge in [-0.2, -0.15) is 0 Å². The first-order valence-corrected chi connectivity index (χ1v) is 16.3. The van der Waals surface area contributed by atoms with Crippen LogP contribution in [0.5, 0.6) is 0 Å². The Bertz CT molecular complexity index is 559. The molecule has 0 N–H and O–H groups in total. The predicted molar refractivity (Wildman–Crippen MR) is 156 cm³/mol. The SMILES string of the molecule is CCCCCCCCCCCCCCCC[n+]1ccn(CCCCCCCCCCC)c1C(C)C. The first kappa shape index (κ1) is 32.2. The maximum absolute atomic E-state index is 2.55. The summed E-state index contributed by atoms with van der Waals surface area (Å²) in [5, 5.41) is 0. The average Bonchev–Trinajstić information content (AvgIpc) is 3.26. The van der Waals surface area contributed by atoms with Crippen LogP contribution in [0.1, 0.15) is 187 Å². The molecular weight excluding hydrogens is 424 g/mol. The lowest BCUT2D eigenvalue weighted by molar-refractivity contribution is -0.705. The normalized spacial score (nSPS) is 11.7. The summed E-state index contributed by atoms with van der Waals surface area (Å²) in [5.41, 5.74) is 0. The summed E-state index contributed by atoms with van der Waals surface area (Å²) in [7, 11) is 0. The number of unbranched alkanes of at least 4 members (excludes halogenated alkanes) is 21. The largest absolute Gasteiger partial charge is 0.258 e. The Morgan fingerprint density at radius 1 is 0.543 bits per heavy atom. The van der Waals surface area contributed by atoms with Crippen LogP contribution in [0.3, 0.4) is 0 Å². The molecule has 0 amide bonds. The lowest BCUT2D eigenvalue weighted by Gasteiger charge is -2.08. The van der Waals surface area contributed by atoms with Crippen LogP contribution in [0.15, 0.2) is 12.4 Å². The smallest absolute Gasteiger partial charge is 0.234 e. The second-order valence-corrected chi connectivity index (χ2v) is 11.6. The van der Waals surface area contributed by atoms with Gasteiger partial charge in [0.15, 0.2) is 0 Å². The molecule has 2 heteroatoms. The summed E-state index contributed by atoms with van der Waals surface area (Å²) in [4.78, 5) is 0. The quantitative estimate of drug-likeness (QED) is 0.0903. The molecule has 35 heavy (non-hydrogen) atoms. The minimum Gasteiger partial charge on any atom is -0.234 e. The first-order chi connectivity index (χ1) is 17.2. The molecule has 1 aromatic heterocycles. The van der Waals surface area contributed by atoms with Crippen molar-refractivity contribution in [2.75, 3.05) is 0 Å². The number of hydrogen-bond donors (Lipinski definition) is 0. The first-order valence-electron chi connectivity index (χ1n) is 16.3. The van der Waals surface area contributed by atoms with Crippen molar-refractivity contribution in [1.82, 2.24) is 4.57 Å². The van der Waals surface area contributed by atoms with Crippen LogP contribution in [0.25, 0.3) is 0 Å². The predicted octanol–water partition coefficient (Wildman–Crippen LogP) is 10.9. The standard InChI is InChI=1S/C33H65N2/c1-5-7-9-11-13-15-16-17-18-19-21-23-25-27-29-35-31-30-34(33(35)32(3)4)28-26-24-22-20-14-12-10-8-6-2/h30-32H,5-29H2,1-4H3/q+1. The van der Waals surface area contributed by atoms with E-state index in [-0.39, 0.29) is 0 Å². The molecular formula is C33H65N2+. The molecule has 0 atom stereocenters. The van der Waals surface area contributed by atoms with E-state index >= 15 is 0 Å². The summed E-state index contributed by atoms with van der Waals surface area (Å²) >= 11 is 0. The van der Waals surface area contributed by atoms with Gasteiger partial charge in [0.25, 0.3) is 5.82 Å². The molecule has 0 bridgehead atoms. The molecule has 0 radical (unpaired) electrons. The summed E-state index contributed by atoms with van der Waals surface area (Å²) < 4.78 is 5.11. The Labute approximate surface area is 221 Å². The Hall–Kier alpha value is -0.790. The van der Waals surface area contributed by atoms with E-state index in [0.29, 0.717) is 5.92 Å². The zero-order valence-electron chi connectivity index (χ0n) is 24.8. The number of hydrogen-bond acceptors (Lipinski definition) is 0. The summed E-state index contributed by atoms with van der Waals surface area (Å²) in [6, 6.07) is 0. The van der Waals surface area contributed by atoms with E-state index < -0.39 is 0 Å². The second-order valence-electron chi connectivity index (χ2n) is 11.6. The second kappa shape index (κ2) is 23.6. The van der Waals surface area contributed by atoms with Gasteiger partial charge < -0.3 is 0 Å². The molecule has 0 aliphatic rings. The number of nitrogens with zero attached hydrogens (tertiary/aromatic N) is 2. The summed E-state index contributed by atoms with van der Waals surface area (Å²) in [6.07, 6.45) is 37.5. The fraction of sp³-hybridized carbons (Fsp3) is 0.909. The molecule has 0 aromatic carbocycles. The summed E-state index contributed by atoms with van der Waals surface area (Å²) in [6.45, 7) is 11.7. The minimum absolute atomic E-state index is 0.607. The van der Waals surface area contributed by atoms with Crippen molar-refractivity contribution in [3.05, 3.63) is 18.2 Å².